The van der Waals surface area contributed by atoms with E-state index in [-0.39, 0.29) is 27.7 Å². The molecule has 2 heterocycles. The number of aromatic nitrogens is 1. The number of nitrogens with two attached hydrogens (primary N) is 1. The van der Waals surface area contributed by atoms with Crippen LogP contribution < -0.4 is 16.0 Å². The van der Waals surface area contributed by atoms with E-state index in [9.17, 15) is 14.9 Å². The highest BCUT2D eigenvalue weighted by atomic mass is 32.1. The molecular weight excluding hydrogens is 390 g/mol. The lowest BCUT2D eigenvalue weighted by Gasteiger charge is -2.17. The topological polar surface area (TPSA) is 114 Å². The molecule has 0 unspecified atom stereocenters. The fourth-order valence-corrected chi connectivity index (χ4v) is 4.16. The number of ketones is 1. The number of nitro groups is 1. The predicted octanol–water partition coefficient (Wildman–Crippen LogP) is 4.21. The smallest absolute Gasteiger partial charge is 0.270 e. The van der Waals surface area contributed by atoms with Crippen LogP contribution in [-0.2, 0) is 0 Å². The Balaban J connectivity index is 1.51. The van der Waals surface area contributed by atoms with Gasteiger partial charge >= 0.3 is 0 Å². The number of nitrogens with zero attached hydrogens (tertiary/aromatic N) is 3. The van der Waals surface area contributed by atoms with E-state index in [1.54, 1.807) is 0 Å². The summed E-state index contributed by atoms with van der Waals surface area (Å²) in [7, 11) is 0. The number of thiazole rings is 1. The minimum Gasteiger partial charge on any atom is -0.382 e. The molecule has 8 nitrogen and oxygen atoms in total. The quantitative estimate of drug-likeness (QED) is 0.356. The van der Waals surface area contributed by atoms with Crippen molar-refractivity contribution in [3.8, 4) is 0 Å². The number of non-ortho nitro benzene ring substituents is 1. The maximum absolute atomic E-state index is 12.7. The van der Waals surface area contributed by atoms with Gasteiger partial charge in [0.25, 0.3) is 5.69 Å². The maximum Gasteiger partial charge on any atom is 0.270 e. The first-order valence-electron chi connectivity index (χ1n) is 9.19. The Labute approximate surface area is 171 Å². The third-order valence-electron chi connectivity index (χ3n) is 4.77. The summed E-state index contributed by atoms with van der Waals surface area (Å²) in [5, 5.41) is 14.6. The molecule has 148 valence electrons. The third-order valence-corrected chi connectivity index (χ3v) is 5.75. The molecule has 0 saturated carbocycles. The van der Waals surface area contributed by atoms with Gasteiger partial charge in [0.15, 0.2) is 5.13 Å². The first-order chi connectivity index (χ1) is 14.0. The van der Waals surface area contributed by atoms with E-state index in [2.05, 4.69) is 27.3 Å². The Morgan fingerprint density at radius 1 is 1.17 bits per heavy atom. The molecule has 0 spiro atoms. The van der Waals surface area contributed by atoms with Gasteiger partial charge in [0.1, 0.15) is 10.7 Å². The largest absolute Gasteiger partial charge is 0.382 e. The molecule has 1 saturated heterocycles. The highest BCUT2D eigenvalue weighted by molar-refractivity contribution is 7.18. The van der Waals surface area contributed by atoms with Crippen LogP contribution >= 0.6 is 11.3 Å². The van der Waals surface area contributed by atoms with Gasteiger partial charge in [0, 0.05) is 42.2 Å². The fraction of sp³-hybridized carbons (Fsp3) is 0.200. The van der Waals surface area contributed by atoms with Gasteiger partial charge in [-0.2, -0.15) is 0 Å². The van der Waals surface area contributed by atoms with E-state index in [1.165, 1.54) is 42.8 Å². The van der Waals surface area contributed by atoms with Crippen LogP contribution in [0.15, 0.2) is 48.5 Å². The lowest BCUT2D eigenvalue weighted by Crippen LogP contribution is -2.17. The molecule has 2 aromatic carbocycles. The maximum atomic E-state index is 12.7. The Hall–Kier alpha value is -3.46. The predicted molar refractivity (Wildman–Crippen MR) is 114 cm³/mol. The molecule has 0 bridgehead atoms. The average molecular weight is 409 g/mol. The van der Waals surface area contributed by atoms with Crippen molar-refractivity contribution in [2.24, 2.45) is 0 Å². The van der Waals surface area contributed by atoms with E-state index in [0.717, 1.165) is 30.1 Å². The summed E-state index contributed by atoms with van der Waals surface area (Å²) in [5.74, 6) is -0.288. The van der Waals surface area contributed by atoms with Crippen molar-refractivity contribution >= 4 is 45.1 Å². The molecule has 3 N–H and O–H groups in total. The molecule has 0 aliphatic carbocycles. The lowest BCUT2D eigenvalue weighted by molar-refractivity contribution is -0.384. The minimum atomic E-state index is -0.536. The van der Waals surface area contributed by atoms with Crippen LogP contribution in [0.4, 0.5) is 28.0 Å². The number of benzene rings is 2. The van der Waals surface area contributed by atoms with Gasteiger partial charge in [-0.3, -0.25) is 14.9 Å². The number of nitrogens with one attached hydrogen (secondary N) is 1. The number of hydrogen-bond acceptors (Lipinski definition) is 8. The molecule has 1 aromatic heterocycles. The van der Waals surface area contributed by atoms with Crippen molar-refractivity contribution in [2.75, 3.05) is 29.0 Å². The molecule has 1 fully saturated rings. The standard InChI is InChI=1S/C20H19N5O3S/c21-19-18(17(26)13-4-3-5-16(12-13)25(27)28)29-20(23-19)22-14-6-8-15(9-7-14)24-10-1-2-11-24/h3-9,12H,1-2,10-11,21H2,(H,22,23). The van der Waals surface area contributed by atoms with Crippen LogP contribution in [0.3, 0.4) is 0 Å². The Bertz CT molecular complexity index is 1060. The average Bonchev–Trinajstić information content (AvgIpc) is 3.38. The molecule has 9 heteroatoms. The van der Waals surface area contributed by atoms with Crippen molar-refractivity contribution in [1.82, 2.24) is 4.98 Å². The molecule has 29 heavy (non-hydrogen) atoms. The lowest BCUT2D eigenvalue weighted by atomic mass is 10.1. The molecule has 0 radical (unpaired) electrons. The van der Waals surface area contributed by atoms with Gasteiger partial charge in [-0.25, -0.2) is 4.98 Å². The monoisotopic (exact) mass is 409 g/mol. The van der Waals surface area contributed by atoms with Crippen LogP contribution in [0.2, 0.25) is 0 Å². The number of carbonyl (C=O) groups excluding carboxylic acids is 1. The number of nitro benzene ring substituents is 1. The van der Waals surface area contributed by atoms with Crippen LogP contribution in [0, 0.1) is 10.1 Å². The summed E-state index contributed by atoms with van der Waals surface area (Å²) in [4.78, 5) is 30.0. The zero-order valence-electron chi connectivity index (χ0n) is 15.5. The summed E-state index contributed by atoms with van der Waals surface area (Å²) >= 11 is 1.12. The number of hydrogen-bond donors (Lipinski definition) is 2. The zero-order valence-corrected chi connectivity index (χ0v) is 16.3. The highest BCUT2D eigenvalue weighted by Crippen LogP contribution is 2.31. The summed E-state index contributed by atoms with van der Waals surface area (Å²) in [6.45, 7) is 2.16. The molecule has 3 aromatic rings. The van der Waals surface area contributed by atoms with Crippen LogP contribution in [0.1, 0.15) is 28.1 Å². The van der Waals surface area contributed by atoms with E-state index >= 15 is 0 Å². The molecule has 1 aliphatic rings. The van der Waals surface area contributed by atoms with Crippen LogP contribution in [0.25, 0.3) is 0 Å². The number of nitrogen functional groups attached to an aromatic ring is 1. The van der Waals surface area contributed by atoms with Gasteiger partial charge in [-0.05, 0) is 37.1 Å². The summed E-state index contributed by atoms with van der Waals surface area (Å²) in [5.41, 5.74) is 8.03. The molecule has 1 aliphatic heterocycles. The van der Waals surface area contributed by atoms with Crippen molar-refractivity contribution in [3.05, 3.63) is 69.1 Å². The van der Waals surface area contributed by atoms with Crippen molar-refractivity contribution in [3.63, 3.8) is 0 Å². The summed E-state index contributed by atoms with van der Waals surface area (Å²) in [6, 6.07) is 13.6. The van der Waals surface area contributed by atoms with Gasteiger partial charge in [-0.15, -0.1) is 0 Å². The first kappa shape index (κ1) is 18.9. The number of rotatable bonds is 6. The van der Waals surface area contributed by atoms with Crippen LogP contribution in [0.5, 0.6) is 0 Å². The third kappa shape index (κ3) is 4.04. The van der Waals surface area contributed by atoms with Crippen molar-refractivity contribution < 1.29 is 9.72 Å². The Morgan fingerprint density at radius 3 is 2.59 bits per heavy atom. The first-order valence-corrected chi connectivity index (χ1v) is 10.0. The highest BCUT2D eigenvalue weighted by Gasteiger charge is 2.20. The van der Waals surface area contributed by atoms with Gasteiger partial charge in [0.2, 0.25) is 5.78 Å². The second kappa shape index (κ2) is 7.88. The number of anilines is 4. The number of carbonyl (C=O) groups is 1. The van der Waals surface area contributed by atoms with E-state index < -0.39 is 4.92 Å². The molecular formula is C20H19N5O3S. The second-order valence-corrected chi connectivity index (χ2v) is 7.74. The SMILES string of the molecule is Nc1nc(Nc2ccc(N3CCCC3)cc2)sc1C(=O)c1cccc([N+](=O)[O-])c1. The van der Waals surface area contributed by atoms with Gasteiger partial charge < -0.3 is 16.0 Å². The molecule has 0 atom stereocenters. The van der Waals surface area contributed by atoms with Crippen molar-refractivity contribution in [2.45, 2.75) is 12.8 Å². The summed E-state index contributed by atoms with van der Waals surface area (Å²) in [6.07, 6.45) is 2.44. The van der Waals surface area contributed by atoms with Crippen molar-refractivity contribution in [1.29, 1.82) is 0 Å². The zero-order chi connectivity index (χ0) is 20.4. The van der Waals surface area contributed by atoms with Gasteiger partial charge in [0.05, 0.1) is 4.92 Å². The van der Waals surface area contributed by atoms with E-state index in [0.29, 0.717) is 5.13 Å². The van der Waals surface area contributed by atoms with Gasteiger partial charge in [-0.1, -0.05) is 23.5 Å². The minimum absolute atomic E-state index is 0.0997. The molecule has 0 amide bonds. The van der Waals surface area contributed by atoms with Crippen LogP contribution in [-0.4, -0.2) is 28.8 Å². The van der Waals surface area contributed by atoms with E-state index in [1.807, 2.05) is 12.1 Å². The normalized spacial score (nSPS) is 13.4. The Morgan fingerprint density at radius 2 is 1.90 bits per heavy atom. The second-order valence-electron chi connectivity index (χ2n) is 6.74. The molecule has 4 rings (SSSR count). The van der Waals surface area contributed by atoms with E-state index in [4.69, 9.17) is 5.73 Å². The fourth-order valence-electron chi connectivity index (χ4n) is 3.29. The summed E-state index contributed by atoms with van der Waals surface area (Å²) < 4.78 is 0. The Kier molecular flexibility index (Phi) is 5.13.